The second-order valence-electron chi connectivity index (χ2n) is 4.69. The number of aryl methyl sites for hydroxylation is 2. The lowest BCUT2D eigenvalue weighted by Gasteiger charge is -2.12. The average molecular weight is 289 g/mol. The lowest BCUT2D eigenvalue weighted by molar-refractivity contribution is 0.126. The van der Waals surface area contributed by atoms with E-state index in [0.717, 1.165) is 10.8 Å². The zero-order valence-electron chi connectivity index (χ0n) is 11.7. The molecule has 1 aromatic carbocycles. The van der Waals surface area contributed by atoms with Gasteiger partial charge in [-0.25, -0.2) is 4.98 Å². The van der Waals surface area contributed by atoms with Crippen molar-refractivity contribution in [2.24, 2.45) is 0 Å². The molecular formula is C16H19NO2S. The van der Waals surface area contributed by atoms with Crippen LogP contribution in [-0.4, -0.2) is 28.6 Å². The van der Waals surface area contributed by atoms with Crippen LogP contribution in [0.3, 0.4) is 0 Å². The Morgan fingerprint density at radius 3 is 2.75 bits per heavy atom. The number of thioether (sulfide) groups is 1. The average Bonchev–Trinajstić information content (AvgIpc) is 2.47. The van der Waals surface area contributed by atoms with Crippen molar-refractivity contribution in [3.05, 3.63) is 53.7 Å². The molecule has 20 heavy (non-hydrogen) atoms. The standard InChI is InChI=1S/C16H19NO2S/c1-12-6-7-15(9-13(12)2)19-10-14(18)11-20-16-5-3-4-8-17-16/h3-9,14,18H,10-11H2,1-2H3. The highest BCUT2D eigenvalue weighted by Crippen LogP contribution is 2.18. The second kappa shape index (κ2) is 7.31. The number of pyridine rings is 1. The van der Waals surface area contributed by atoms with Gasteiger partial charge < -0.3 is 9.84 Å². The number of hydrogen-bond acceptors (Lipinski definition) is 4. The van der Waals surface area contributed by atoms with Gasteiger partial charge in [-0.1, -0.05) is 12.1 Å². The number of aliphatic hydroxyl groups excluding tert-OH is 1. The van der Waals surface area contributed by atoms with Crippen LogP contribution in [0.4, 0.5) is 0 Å². The molecule has 1 atom stereocenters. The number of ether oxygens (including phenoxy) is 1. The summed E-state index contributed by atoms with van der Waals surface area (Å²) >= 11 is 1.53. The normalized spacial score (nSPS) is 12.2. The summed E-state index contributed by atoms with van der Waals surface area (Å²) in [5.74, 6) is 1.37. The van der Waals surface area contributed by atoms with Crippen LogP contribution in [0.15, 0.2) is 47.6 Å². The summed E-state index contributed by atoms with van der Waals surface area (Å²) in [6, 6.07) is 11.7. The third-order valence-electron chi connectivity index (χ3n) is 2.98. The van der Waals surface area contributed by atoms with E-state index in [0.29, 0.717) is 12.4 Å². The summed E-state index contributed by atoms with van der Waals surface area (Å²) in [5, 5.41) is 10.8. The van der Waals surface area contributed by atoms with Gasteiger partial charge in [0, 0.05) is 11.9 Å². The van der Waals surface area contributed by atoms with Crippen molar-refractivity contribution in [3.63, 3.8) is 0 Å². The first-order chi connectivity index (χ1) is 9.65. The van der Waals surface area contributed by atoms with E-state index >= 15 is 0 Å². The Kier molecular flexibility index (Phi) is 5.44. The van der Waals surface area contributed by atoms with Crippen LogP contribution in [0.5, 0.6) is 5.75 Å². The van der Waals surface area contributed by atoms with Gasteiger partial charge in [0.15, 0.2) is 0 Å². The Morgan fingerprint density at radius 1 is 1.20 bits per heavy atom. The summed E-state index contributed by atoms with van der Waals surface area (Å²) < 4.78 is 5.61. The topological polar surface area (TPSA) is 42.4 Å². The van der Waals surface area contributed by atoms with E-state index < -0.39 is 6.10 Å². The molecule has 2 rings (SSSR count). The van der Waals surface area contributed by atoms with Crippen molar-refractivity contribution < 1.29 is 9.84 Å². The van der Waals surface area contributed by atoms with Crippen LogP contribution < -0.4 is 4.74 Å². The minimum Gasteiger partial charge on any atom is -0.491 e. The molecule has 0 aliphatic rings. The van der Waals surface area contributed by atoms with E-state index in [9.17, 15) is 5.11 Å². The zero-order chi connectivity index (χ0) is 14.4. The molecular weight excluding hydrogens is 270 g/mol. The predicted octanol–water partition coefficient (Wildman–Crippen LogP) is 3.23. The quantitative estimate of drug-likeness (QED) is 0.829. The molecule has 0 radical (unpaired) electrons. The molecule has 3 nitrogen and oxygen atoms in total. The molecule has 4 heteroatoms. The maximum atomic E-state index is 9.92. The fraction of sp³-hybridized carbons (Fsp3) is 0.312. The van der Waals surface area contributed by atoms with E-state index in [-0.39, 0.29) is 0 Å². The molecule has 1 aromatic heterocycles. The highest BCUT2D eigenvalue weighted by Gasteiger charge is 2.07. The summed E-state index contributed by atoms with van der Waals surface area (Å²) in [5.41, 5.74) is 2.43. The third kappa shape index (κ3) is 4.54. The van der Waals surface area contributed by atoms with Gasteiger partial charge in [0.05, 0.1) is 11.1 Å². The third-order valence-corrected chi connectivity index (χ3v) is 4.07. The van der Waals surface area contributed by atoms with Crippen LogP contribution in [0, 0.1) is 13.8 Å². The number of rotatable bonds is 6. The van der Waals surface area contributed by atoms with Crippen molar-refractivity contribution in [1.29, 1.82) is 0 Å². The molecule has 0 amide bonds. The van der Waals surface area contributed by atoms with Gasteiger partial charge >= 0.3 is 0 Å². The minimum atomic E-state index is -0.511. The van der Waals surface area contributed by atoms with Crippen LogP contribution in [0.2, 0.25) is 0 Å². The van der Waals surface area contributed by atoms with Gasteiger partial charge in [0.2, 0.25) is 0 Å². The van der Waals surface area contributed by atoms with Crippen molar-refractivity contribution in [1.82, 2.24) is 4.98 Å². The smallest absolute Gasteiger partial charge is 0.119 e. The number of aliphatic hydroxyl groups is 1. The Morgan fingerprint density at radius 2 is 2.05 bits per heavy atom. The Hall–Kier alpha value is -1.52. The largest absolute Gasteiger partial charge is 0.491 e. The van der Waals surface area contributed by atoms with Crippen molar-refractivity contribution in [2.45, 2.75) is 25.0 Å². The molecule has 0 spiro atoms. The predicted molar refractivity (Wildman–Crippen MR) is 82.4 cm³/mol. The number of hydrogen-bond donors (Lipinski definition) is 1. The van der Waals surface area contributed by atoms with Gasteiger partial charge in [0.1, 0.15) is 12.4 Å². The lowest BCUT2D eigenvalue weighted by atomic mass is 10.1. The molecule has 0 fully saturated rings. The monoisotopic (exact) mass is 289 g/mol. The lowest BCUT2D eigenvalue weighted by Crippen LogP contribution is -2.20. The molecule has 1 N–H and O–H groups in total. The van der Waals surface area contributed by atoms with Crippen LogP contribution in [-0.2, 0) is 0 Å². The first-order valence-corrected chi connectivity index (χ1v) is 7.55. The van der Waals surface area contributed by atoms with Crippen LogP contribution in [0.25, 0.3) is 0 Å². The van der Waals surface area contributed by atoms with E-state index in [1.165, 1.54) is 22.9 Å². The molecule has 2 aromatic rings. The summed E-state index contributed by atoms with van der Waals surface area (Å²) in [4.78, 5) is 4.20. The van der Waals surface area contributed by atoms with Gasteiger partial charge in [0.25, 0.3) is 0 Å². The first kappa shape index (κ1) is 14.9. The van der Waals surface area contributed by atoms with Crippen molar-refractivity contribution in [3.8, 4) is 5.75 Å². The maximum Gasteiger partial charge on any atom is 0.119 e. The summed E-state index contributed by atoms with van der Waals surface area (Å²) in [6.45, 7) is 4.41. The first-order valence-electron chi connectivity index (χ1n) is 6.57. The van der Waals surface area contributed by atoms with E-state index in [4.69, 9.17) is 4.74 Å². The summed E-state index contributed by atoms with van der Waals surface area (Å²) in [7, 11) is 0. The number of aromatic nitrogens is 1. The van der Waals surface area contributed by atoms with Gasteiger partial charge in [-0.3, -0.25) is 0 Å². The molecule has 1 heterocycles. The Balaban J connectivity index is 1.77. The SMILES string of the molecule is Cc1ccc(OCC(O)CSc2ccccn2)cc1C. The molecule has 0 saturated carbocycles. The number of nitrogens with zero attached hydrogens (tertiary/aromatic N) is 1. The minimum absolute atomic E-state index is 0.294. The fourth-order valence-corrected chi connectivity index (χ4v) is 2.43. The summed E-state index contributed by atoms with van der Waals surface area (Å²) in [6.07, 6.45) is 1.24. The van der Waals surface area contributed by atoms with Crippen LogP contribution >= 0.6 is 11.8 Å². The number of benzene rings is 1. The van der Waals surface area contributed by atoms with Gasteiger partial charge in [-0.05, 0) is 49.2 Å². The molecule has 0 aliphatic heterocycles. The Labute approximate surface area is 124 Å². The molecule has 0 bridgehead atoms. The van der Waals surface area contributed by atoms with E-state index in [1.54, 1.807) is 6.20 Å². The van der Waals surface area contributed by atoms with Gasteiger partial charge in [-0.15, -0.1) is 11.8 Å². The van der Waals surface area contributed by atoms with E-state index in [2.05, 4.69) is 18.8 Å². The fourth-order valence-electron chi connectivity index (χ4n) is 1.66. The van der Waals surface area contributed by atoms with Gasteiger partial charge in [-0.2, -0.15) is 0 Å². The highest BCUT2D eigenvalue weighted by molar-refractivity contribution is 7.99. The Bertz CT molecular complexity index is 545. The molecule has 106 valence electrons. The highest BCUT2D eigenvalue weighted by atomic mass is 32.2. The maximum absolute atomic E-state index is 9.92. The molecule has 0 aliphatic carbocycles. The molecule has 0 saturated heterocycles. The zero-order valence-corrected chi connectivity index (χ0v) is 12.6. The molecule has 1 unspecified atom stereocenters. The van der Waals surface area contributed by atoms with Crippen molar-refractivity contribution >= 4 is 11.8 Å². The van der Waals surface area contributed by atoms with Crippen LogP contribution in [0.1, 0.15) is 11.1 Å². The van der Waals surface area contributed by atoms with E-state index in [1.807, 2.05) is 36.4 Å². The second-order valence-corrected chi connectivity index (χ2v) is 5.73. The van der Waals surface area contributed by atoms with Crippen molar-refractivity contribution in [2.75, 3.05) is 12.4 Å².